The lowest BCUT2D eigenvalue weighted by Gasteiger charge is -2.31. The van der Waals surface area contributed by atoms with E-state index in [2.05, 4.69) is 10.1 Å². The number of carboxylic acid groups (broad SMARTS) is 1. The van der Waals surface area contributed by atoms with Crippen LogP contribution < -0.4 is 4.90 Å². The average molecular weight is 224 g/mol. The van der Waals surface area contributed by atoms with Gasteiger partial charge >= 0.3 is 5.97 Å². The van der Waals surface area contributed by atoms with Gasteiger partial charge in [0.25, 0.3) is 5.82 Å². The maximum Gasteiger partial charge on any atom is 0.375 e. The number of carboxylic acids is 1. The van der Waals surface area contributed by atoms with Gasteiger partial charge in [-0.05, 0) is 13.3 Å². The molecule has 0 radical (unpaired) electrons. The number of rotatable bonds is 1. The molecule has 1 atom stereocenters. The van der Waals surface area contributed by atoms with E-state index in [0.29, 0.717) is 12.5 Å². The second-order valence-corrected chi connectivity index (χ2v) is 3.79. The maximum atomic E-state index is 11.4. The normalized spacial score (nSPS) is 19.4. The SMILES string of the molecule is CC(=O)N1c2nc(C(=O)O)nn2CCC1C. The summed E-state index contributed by atoms with van der Waals surface area (Å²) in [6.07, 6.45) is 0.745. The summed E-state index contributed by atoms with van der Waals surface area (Å²) in [5.41, 5.74) is 0. The van der Waals surface area contributed by atoms with Gasteiger partial charge in [0, 0.05) is 19.5 Å². The van der Waals surface area contributed by atoms with Crippen LogP contribution in [-0.4, -0.2) is 37.8 Å². The van der Waals surface area contributed by atoms with E-state index in [1.165, 1.54) is 16.5 Å². The zero-order valence-electron chi connectivity index (χ0n) is 9.04. The first-order valence-electron chi connectivity index (χ1n) is 4.98. The van der Waals surface area contributed by atoms with Crippen LogP contribution in [0, 0.1) is 0 Å². The Labute approximate surface area is 91.7 Å². The van der Waals surface area contributed by atoms with E-state index in [9.17, 15) is 9.59 Å². The van der Waals surface area contributed by atoms with Gasteiger partial charge in [0.1, 0.15) is 0 Å². The molecule has 0 aromatic carbocycles. The van der Waals surface area contributed by atoms with Crippen LogP contribution in [0.15, 0.2) is 0 Å². The van der Waals surface area contributed by atoms with Gasteiger partial charge in [-0.3, -0.25) is 9.69 Å². The van der Waals surface area contributed by atoms with Gasteiger partial charge in [-0.2, -0.15) is 4.98 Å². The van der Waals surface area contributed by atoms with Gasteiger partial charge in [0.05, 0.1) is 0 Å². The first kappa shape index (κ1) is 10.6. The fourth-order valence-electron chi connectivity index (χ4n) is 1.84. The minimum absolute atomic E-state index is 0.0239. The summed E-state index contributed by atoms with van der Waals surface area (Å²) in [6, 6.07) is 0.0239. The number of amides is 1. The van der Waals surface area contributed by atoms with Gasteiger partial charge in [-0.25, -0.2) is 9.48 Å². The first-order chi connectivity index (χ1) is 7.50. The Balaban J connectivity index is 2.47. The molecule has 0 bridgehead atoms. The first-order valence-corrected chi connectivity index (χ1v) is 4.98. The molecule has 2 rings (SSSR count). The van der Waals surface area contributed by atoms with Gasteiger partial charge in [-0.1, -0.05) is 0 Å². The Morgan fingerprint density at radius 2 is 2.19 bits per heavy atom. The van der Waals surface area contributed by atoms with Crippen molar-refractivity contribution in [2.45, 2.75) is 32.9 Å². The van der Waals surface area contributed by atoms with Crippen molar-refractivity contribution in [2.24, 2.45) is 0 Å². The molecule has 1 aliphatic rings. The number of fused-ring (bicyclic) bond motifs is 1. The summed E-state index contributed by atoms with van der Waals surface area (Å²) in [5, 5.41) is 12.6. The molecule has 0 saturated carbocycles. The lowest BCUT2D eigenvalue weighted by molar-refractivity contribution is -0.117. The lowest BCUT2D eigenvalue weighted by Crippen LogP contribution is -2.43. The Morgan fingerprint density at radius 1 is 1.50 bits per heavy atom. The third-order valence-corrected chi connectivity index (χ3v) is 2.60. The molecule has 0 spiro atoms. The fourth-order valence-corrected chi connectivity index (χ4v) is 1.84. The van der Waals surface area contributed by atoms with E-state index in [1.807, 2.05) is 6.92 Å². The summed E-state index contributed by atoms with van der Waals surface area (Å²) in [6.45, 7) is 3.92. The summed E-state index contributed by atoms with van der Waals surface area (Å²) < 4.78 is 1.46. The topological polar surface area (TPSA) is 88.3 Å². The molecule has 1 aromatic heterocycles. The van der Waals surface area contributed by atoms with Gasteiger partial charge in [0.2, 0.25) is 11.9 Å². The highest BCUT2D eigenvalue weighted by Crippen LogP contribution is 2.22. The van der Waals surface area contributed by atoms with Crippen LogP contribution in [0.3, 0.4) is 0 Å². The molecular weight excluding hydrogens is 212 g/mol. The summed E-state index contributed by atoms with van der Waals surface area (Å²) in [5.74, 6) is -1.28. The van der Waals surface area contributed by atoms with Crippen molar-refractivity contribution in [3.05, 3.63) is 5.82 Å². The van der Waals surface area contributed by atoms with Crippen molar-refractivity contribution in [2.75, 3.05) is 4.90 Å². The highest BCUT2D eigenvalue weighted by Gasteiger charge is 2.30. The molecule has 7 heteroatoms. The van der Waals surface area contributed by atoms with Gasteiger partial charge < -0.3 is 5.11 Å². The van der Waals surface area contributed by atoms with Crippen molar-refractivity contribution in [1.82, 2.24) is 14.8 Å². The minimum atomic E-state index is -1.18. The molecule has 0 aliphatic carbocycles. The van der Waals surface area contributed by atoms with Crippen LogP contribution in [-0.2, 0) is 11.3 Å². The molecule has 0 saturated heterocycles. The summed E-state index contributed by atoms with van der Waals surface area (Å²) in [4.78, 5) is 27.5. The van der Waals surface area contributed by atoms with Crippen molar-refractivity contribution in [3.8, 4) is 0 Å². The largest absolute Gasteiger partial charge is 0.475 e. The molecule has 7 nitrogen and oxygen atoms in total. The van der Waals surface area contributed by atoms with Crippen LogP contribution in [0.5, 0.6) is 0 Å². The molecule has 1 aliphatic heterocycles. The molecule has 16 heavy (non-hydrogen) atoms. The monoisotopic (exact) mass is 224 g/mol. The van der Waals surface area contributed by atoms with Crippen molar-refractivity contribution >= 4 is 17.8 Å². The Kier molecular flexibility index (Phi) is 2.37. The van der Waals surface area contributed by atoms with E-state index in [0.717, 1.165) is 6.42 Å². The number of anilines is 1. The van der Waals surface area contributed by atoms with E-state index in [1.54, 1.807) is 0 Å². The quantitative estimate of drug-likeness (QED) is 0.732. The van der Waals surface area contributed by atoms with Crippen molar-refractivity contribution in [1.29, 1.82) is 0 Å². The van der Waals surface area contributed by atoms with E-state index in [4.69, 9.17) is 5.11 Å². The van der Waals surface area contributed by atoms with Crippen LogP contribution in [0.4, 0.5) is 5.95 Å². The van der Waals surface area contributed by atoms with Gasteiger partial charge in [0.15, 0.2) is 0 Å². The number of aryl methyl sites for hydroxylation is 1. The van der Waals surface area contributed by atoms with E-state index >= 15 is 0 Å². The Morgan fingerprint density at radius 3 is 2.75 bits per heavy atom. The van der Waals surface area contributed by atoms with E-state index in [-0.39, 0.29) is 17.8 Å². The van der Waals surface area contributed by atoms with Crippen LogP contribution in [0.1, 0.15) is 30.9 Å². The molecule has 86 valence electrons. The fraction of sp³-hybridized carbons (Fsp3) is 0.556. The third kappa shape index (κ3) is 1.54. The molecule has 1 amide bonds. The second kappa shape index (κ2) is 3.58. The van der Waals surface area contributed by atoms with Gasteiger partial charge in [-0.15, -0.1) is 5.10 Å². The second-order valence-electron chi connectivity index (χ2n) is 3.79. The zero-order valence-corrected chi connectivity index (χ0v) is 9.04. The average Bonchev–Trinajstić information content (AvgIpc) is 2.60. The van der Waals surface area contributed by atoms with Crippen LogP contribution in [0.2, 0.25) is 0 Å². The molecule has 1 unspecified atom stereocenters. The van der Waals surface area contributed by atoms with Crippen LogP contribution in [0.25, 0.3) is 0 Å². The molecule has 1 aromatic rings. The molecular formula is C9H12N4O3. The van der Waals surface area contributed by atoms with Crippen molar-refractivity contribution < 1.29 is 14.7 Å². The number of hydrogen-bond donors (Lipinski definition) is 1. The number of carbonyl (C=O) groups is 2. The van der Waals surface area contributed by atoms with E-state index < -0.39 is 5.97 Å². The Hall–Kier alpha value is -1.92. The van der Waals surface area contributed by atoms with Crippen LogP contribution >= 0.6 is 0 Å². The maximum absolute atomic E-state index is 11.4. The Bertz CT molecular complexity index is 454. The lowest BCUT2D eigenvalue weighted by atomic mass is 10.2. The molecule has 2 heterocycles. The highest BCUT2D eigenvalue weighted by atomic mass is 16.4. The summed E-state index contributed by atoms with van der Waals surface area (Å²) >= 11 is 0. The molecule has 0 fully saturated rings. The number of carbonyl (C=O) groups excluding carboxylic acids is 1. The van der Waals surface area contributed by atoms with Crippen molar-refractivity contribution in [3.63, 3.8) is 0 Å². The number of nitrogens with zero attached hydrogens (tertiary/aromatic N) is 4. The standard InChI is InChI=1S/C9H12N4O3/c1-5-3-4-12-9(13(5)6(2)14)10-7(11-12)8(15)16/h5H,3-4H2,1-2H3,(H,15,16). The zero-order chi connectivity index (χ0) is 11.9. The number of aromatic nitrogens is 3. The minimum Gasteiger partial charge on any atom is -0.475 e. The predicted molar refractivity (Wildman–Crippen MR) is 54.2 cm³/mol. The third-order valence-electron chi connectivity index (χ3n) is 2.60. The summed E-state index contributed by atoms with van der Waals surface area (Å²) in [7, 11) is 0. The highest BCUT2D eigenvalue weighted by molar-refractivity contribution is 5.91. The molecule has 1 N–H and O–H groups in total. The predicted octanol–water partition coefficient (Wildman–Crippen LogP) is 0.121. The number of hydrogen-bond acceptors (Lipinski definition) is 4. The number of aromatic carboxylic acids is 1. The smallest absolute Gasteiger partial charge is 0.375 e.